The van der Waals surface area contributed by atoms with Gasteiger partial charge >= 0.3 is 0 Å². The van der Waals surface area contributed by atoms with Crippen LogP contribution in [-0.4, -0.2) is 31.4 Å². The first kappa shape index (κ1) is 17.6. The highest BCUT2D eigenvalue weighted by Crippen LogP contribution is 2.29. The average Bonchev–Trinajstić information content (AvgIpc) is 3.23. The molecule has 2 aromatic heterocycles. The fourth-order valence-corrected chi connectivity index (χ4v) is 3.73. The van der Waals surface area contributed by atoms with Gasteiger partial charge < -0.3 is 14.9 Å². The Balaban J connectivity index is 1.47. The second kappa shape index (κ2) is 7.46. The van der Waals surface area contributed by atoms with Crippen molar-refractivity contribution in [2.75, 3.05) is 11.1 Å². The van der Waals surface area contributed by atoms with Gasteiger partial charge in [-0.3, -0.25) is 4.79 Å². The van der Waals surface area contributed by atoms with Gasteiger partial charge in [-0.05, 0) is 24.3 Å². The predicted molar refractivity (Wildman–Crippen MR) is 109 cm³/mol. The lowest BCUT2D eigenvalue weighted by atomic mass is 10.1. The number of fused-ring (bicyclic) bond motifs is 1. The van der Waals surface area contributed by atoms with E-state index in [2.05, 4.69) is 20.5 Å². The molecule has 0 atom stereocenters. The third kappa shape index (κ3) is 3.70. The fourth-order valence-electron chi connectivity index (χ4n) is 2.83. The van der Waals surface area contributed by atoms with Gasteiger partial charge in [0.05, 0.1) is 5.75 Å². The van der Waals surface area contributed by atoms with Crippen LogP contribution in [0, 0.1) is 0 Å². The molecule has 0 saturated carbocycles. The monoisotopic (exact) mass is 397 g/mol. The molecule has 0 radical (unpaired) electrons. The molecule has 2 N–H and O–H groups in total. The summed E-state index contributed by atoms with van der Waals surface area (Å²) >= 11 is 7.27. The Kier molecular flexibility index (Phi) is 4.87. The van der Waals surface area contributed by atoms with Crippen LogP contribution in [0.25, 0.3) is 22.3 Å². The maximum absolute atomic E-state index is 12.2. The van der Waals surface area contributed by atoms with E-state index in [1.54, 1.807) is 24.3 Å². The Morgan fingerprint density at radius 3 is 2.93 bits per heavy atom. The molecule has 4 rings (SSSR count). The molecule has 2 heterocycles. The summed E-state index contributed by atoms with van der Waals surface area (Å²) in [5.74, 6) is 0.857. The smallest absolute Gasteiger partial charge is 0.234 e. The Hall–Kier alpha value is -2.77. The van der Waals surface area contributed by atoms with Gasteiger partial charge in [-0.15, -0.1) is 10.2 Å². The lowest BCUT2D eigenvalue weighted by molar-refractivity contribution is -0.113. The average molecular weight is 398 g/mol. The topological polar surface area (TPSA) is 75.6 Å². The summed E-state index contributed by atoms with van der Waals surface area (Å²) in [5.41, 5.74) is 2.70. The van der Waals surface area contributed by atoms with Crippen molar-refractivity contribution in [2.45, 2.75) is 5.16 Å². The van der Waals surface area contributed by atoms with Crippen molar-refractivity contribution >= 4 is 45.9 Å². The van der Waals surface area contributed by atoms with Crippen LogP contribution in [-0.2, 0) is 11.8 Å². The van der Waals surface area contributed by atoms with E-state index < -0.39 is 0 Å². The molecule has 0 unspecified atom stereocenters. The lowest BCUT2D eigenvalue weighted by Gasteiger charge is -2.06. The van der Waals surface area contributed by atoms with Crippen molar-refractivity contribution in [3.8, 4) is 11.4 Å². The van der Waals surface area contributed by atoms with E-state index in [0.717, 1.165) is 22.3 Å². The number of anilines is 1. The zero-order chi connectivity index (χ0) is 18.8. The number of nitrogens with zero attached hydrogens (tertiary/aromatic N) is 3. The van der Waals surface area contributed by atoms with Gasteiger partial charge in [-0.2, -0.15) is 0 Å². The molecule has 4 aromatic rings. The molecule has 6 nitrogen and oxygen atoms in total. The molecule has 136 valence electrons. The Morgan fingerprint density at radius 2 is 2.07 bits per heavy atom. The fraction of sp³-hybridized carbons (Fsp3) is 0.105. The quantitative estimate of drug-likeness (QED) is 0.491. The number of aromatic nitrogens is 4. The van der Waals surface area contributed by atoms with Crippen LogP contribution in [0.3, 0.4) is 0 Å². The number of aromatic amines is 1. The summed E-state index contributed by atoms with van der Waals surface area (Å²) in [7, 11) is 1.90. The van der Waals surface area contributed by atoms with Gasteiger partial charge in [0.1, 0.15) is 0 Å². The molecule has 0 bridgehead atoms. The van der Waals surface area contributed by atoms with Crippen LogP contribution in [0.2, 0.25) is 5.02 Å². The molecule has 0 aliphatic carbocycles. The molecule has 8 heteroatoms. The molecule has 0 spiro atoms. The predicted octanol–water partition coefficient (Wildman–Crippen LogP) is 4.35. The maximum Gasteiger partial charge on any atom is 0.234 e. The molecule has 27 heavy (non-hydrogen) atoms. The first-order chi connectivity index (χ1) is 13.1. The number of amides is 1. The van der Waals surface area contributed by atoms with E-state index in [1.165, 1.54) is 11.8 Å². The van der Waals surface area contributed by atoms with Crippen molar-refractivity contribution in [3.63, 3.8) is 0 Å². The van der Waals surface area contributed by atoms with Crippen LogP contribution in [0.15, 0.2) is 59.9 Å². The van der Waals surface area contributed by atoms with Gasteiger partial charge in [-0.1, -0.05) is 47.6 Å². The zero-order valence-corrected chi connectivity index (χ0v) is 16.0. The summed E-state index contributed by atoms with van der Waals surface area (Å²) in [5, 5.41) is 13.7. The molecule has 1 amide bonds. The van der Waals surface area contributed by atoms with Crippen LogP contribution in [0.5, 0.6) is 0 Å². The second-order valence-corrected chi connectivity index (χ2v) is 7.34. The van der Waals surface area contributed by atoms with E-state index in [-0.39, 0.29) is 11.7 Å². The van der Waals surface area contributed by atoms with Gasteiger partial charge in [0, 0.05) is 40.4 Å². The first-order valence-electron chi connectivity index (χ1n) is 8.26. The van der Waals surface area contributed by atoms with Crippen molar-refractivity contribution in [3.05, 3.63) is 59.8 Å². The number of para-hydroxylation sites is 1. The molecule has 0 aliphatic rings. The maximum atomic E-state index is 12.2. The minimum atomic E-state index is -0.126. The van der Waals surface area contributed by atoms with E-state index in [0.29, 0.717) is 15.9 Å². The lowest BCUT2D eigenvalue weighted by Crippen LogP contribution is -2.14. The van der Waals surface area contributed by atoms with E-state index in [1.807, 2.05) is 42.1 Å². The largest absolute Gasteiger partial charge is 0.360 e. The number of benzene rings is 2. The highest BCUT2D eigenvalue weighted by Gasteiger charge is 2.16. The SMILES string of the molecule is Cn1c(SCC(=O)Nc2cccc(Cl)c2)nnc1-c1c[nH]c2ccccc12. The number of hydrogen-bond acceptors (Lipinski definition) is 4. The minimum absolute atomic E-state index is 0.126. The number of H-pyrrole nitrogens is 1. The number of carbonyl (C=O) groups excluding carboxylic acids is 1. The normalized spacial score (nSPS) is 11.0. The molecular weight excluding hydrogens is 382 g/mol. The van der Waals surface area contributed by atoms with E-state index in [4.69, 9.17) is 11.6 Å². The molecular formula is C19H16ClN5OS. The molecule has 0 aliphatic heterocycles. The van der Waals surface area contributed by atoms with Crippen LogP contribution in [0.1, 0.15) is 0 Å². The Labute approximate surface area is 164 Å². The summed E-state index contributed by atoms with van der Waals surface area (Å²) in [6.45, 7) is 0. The summed E-state index contributed by atoms with van der Waals surface area (Å²) in [4.78, 5) is 15.4. The third-order valence-corrected chi connectivity index (χ3v) is 5.36. The second-order valence-electron chi connectivity index (χ2n) is 5.96. The number of hydrogen-bond donors (Lipinski definition) is 2. The first-order valence-corrected chi connectivity index (χ1v) is 9.62. The molecule has 0 saturated heterocycles. The van der Waals surface area contributed by atoms with Gasteiger partial charge in [0.2, 0.25) is 5.91 Å². The van der Waals surface area contributed by atoms with E-state index in [9.17, 15) is 4.79 Å². The summed E-state index contributed by atoms with van der Waals surface area (Å²) in [6.07, 6.45) is 1.93. The van der Waals surface area contributed by atoms with Gasteiger partial charge in [0.15, 0.2) is 11.0 Å². The van der Waals surface area contributed by atoms with Crippen molar-refractivity contribution in [1.82, 2.24) is 19.7 Å². The number of rotatable bonds is 5. The Morgan fingerprint density at radius 1 is 1.22 bits per heavy atom. The highest BCUT2D eigenvalue weighted by molar-refractivity contribution is 7.99. The summed E-state index contributed by atoms with van der Waals surface area (Å²) < 4.78 is 1.90. The number of carbonyl (C=O) groups is 1. The van der Waals surface area contributed by atoms with Crippen molar-refractivity contribution in [1.29, 1.82) is 0 Å². The van der Waals surface area contributed by atoms with Crippen LogP contribution in [0.4, 0.5) is 5.69 Å². The van der Waals surface area contributed by atoms with Gasteiger partial charge in [0.25, 0.3) is 0 Å². The van der Waals surface area contributed by atoms with Crippen LogP contribution < -0.4 is 5.32 Å². The Bertz CT molecular complexity index is 1120. The molecule has 2 aromatic carbocycles. The highest BCUT2D eigenvalue weighted by atomic mass is 35.5. The zero-order valence-electron chi connectivity index (χ0n) is 14.4. The van der Waals surface area contributed by atoms with Crippen LogP contribution >= 0.6 is 23.4 Å². The third-order valence-electron chi connectivity index (χ3n) is 4.11. The number of thioether (sulfide) groups is 1. The summed E-state index contributed by atoms with van der Waals surface area (Å²) in [6, 6.07) is 15.1. The van der Waals surface area contributed by atoms with Crippen molar-refractivity contribution < 1.29 is 4.79 Å². The number of halogens is 1. The number of nitrogens with one attached hydrogen (secondary N) is 2. The molecule has 0 fully saturated rings. The minimum Gasteiger partial charge on any atom is -0.360 e. The van der Waals surface area contributed by atoms with Crippen molar-refractivity contribution in [2.24, 2.45) is 7.05 Å². The standard InChI is InChI=1S/C19H16ClN5OS/c1-25-18(15-10-21-16-8-3-2-7-14(15)16)23-24-19(25)27-11-17(26)22-13-6-4-5-12(20)9-13/h2-10,21H,11H2,1H3,(H,22,26). The van der Waals surface area contributed by atoms with E-state index >= 15 is 0 Å². The van der Waals surface area contributed by atoms with Gasteiger partial charge in [-0.25, -0.2) is 0 Å².